The molecule has 1 fully saturated rings. The zero-order chi connectivity index (χ0) is 22.9. The number of carbonyl (C=O) groups excluding carboxylic acids is 1. The summed E-state index contributed by atoms with van der Waals surface area (Å²) in [5.74, 6) is -0.265. The van der Waals surface area contributed by atoms with Gasteiger partial charge < -0.3 is 30.5 Å². The summed E-state index contributed by atoms with van der Waals surface area (Å²) in [5, 5.41) is 41.2. The van der Waals surface area contributed by atoms with E-state index in [-0.39, 0.29) is 5.91 Å². The van der Waals surface area contributed by atoms with Gasteiger partial charge in [0.05, 0.1) is 6.61 Å². The van der Waals surface area contributed by atoms with E-state index < -0.39 is 37.3 Å². The fourth-order valence-corrected chi connectivity index (χ4v) is 4.11. The molecule has 0 unspecified atom stereocenters. The molecule has 5 atom stereocenters. The Morgan fingerprint density at radius 2 is 1.16 bits per heavy atom. The van der Waals surface area contributed by atoms with Crippen LogP contribution in [0.15, 0.2) is 0 Å². The maximum absolute atomic E-state index is 12.1. The molecule has 0 radical (unpaired) electrons. The van der Waals surface area contributed by atoms with Gasteiger partial charge in [-0.05, 0) is 6.42 Å². The SMILES string of the molecule is CCCCCCCCCCCCCCCCCC(=O)N[C@@H]1O[C@H](CO)[C@@H](O)[C@H](O)[C@@H]1O. The molecule has 1 aliphatic rings. The Morgan fingerprint density at radius 3 is 1.61 bits per heavy atom. The molecular formula is C24H47NO6. The lowest BCUT2D eigenvalue weighted by molar-refractivity contribution is -0.236. The molecule has 1 rings (SSSR count). The molecule has 184 valence electrons. The van der Waals surface area contributed by atoms with Crippen molar-refractivity contribution in [2.75, 3.05) is 6.61 Å². The van der Waals surface area contributed by atoms with Crippen LogP contribution >= 0.6 is 0 Å². The number of amides is 1. The largest absolute Gasteiger partial charge is 0.394 e. The topological polar surface area (TPSA) is 119 Å². The highest BCUT2D eigenvalue weighted by atomic mass is 16.6. The molecule has 0 aromatic carbocycles. The summed E-state index contributed by atoms with van der Waals surface area (Å²) in [6.07, 6.45) is 12.8. The van der Waals surface area contributed by atoms with Crippen LogP contribution in [0.4, 0.5) is 0 Å². The van der Waals surface area contributed by atoms with Gasteiger partial charge in [0, 0.05) is 6.42 Å². The molecule has 1 heterocycles. The standard InChI is InChI=1S/C24H47NO6/c1-2-3-4-5-6-7-8-9-10-11-12-13-14-15-16-17-20(27)25-24-23(30)22(29)21(28)19(18-26)31-24/h19,21-24,26,28-30H,2-18H2,1H3,(H,25,27)/t19-,21-,22+,23+,24-/m1/s1. The Balaban J connectivity index is 1.95. The van der Waals surface area contributed by atoms with E-state index in [1.165, 1.54) is 77.0 Å². The predicted octanol–water partition coefficient (Wildman–Crippen LogP) is 3.16. The van der Waals surface area contributed by atoms with E-state index in [9.17, 15) is 25.2 Å². The molecule has 0 spiro atoms. The first kappa shape index (κ1) is 28.3. The molecule has 7 nitrogen and oxygen atoms in total. The average Bonchev–Trinajstić information content (AvgIpc) is 2.76. The van der Waals surface area contributed by atoms with E-state index in [2.05, 4.69) is 12.2 Å². The molecule has 0 bridgehead atoms. The first-order valence-electron chi connectivity index (χ1n) is 12.6. The molecule has 31 heavy (non-hydrogen) atoms. The third-order valence-corrected chi connectivity index (χ3v) is 6.20. The van der Waals surface area contributed by atoms with Crippen LogP contribution in [0.1, 0.15) is 110 Å². The van der Waals surface area contributed by atoms with Gasteiger partial charge in [-0.2, -0.15) is 0 Å². The van der Waals surface area contributed by atoms with Gasteiger partial charge in [-0.1, -0.05) is 96.8 Å². The van der Waals surface area contributed by atoms with Crippen molar-refractivity contribution in [3.05, 3.63) is 0 Å². The van der Waals surface area contributed by atoms with Crippen molar-refractivity contribution in [3.63, 3.8) is 0 Å². The van der Waals surface area contributed by atoms with Gasteiger partial charge in [0.15, 0.2) is 6.23 Å². The number of nitrogens with one attached hydrogen (secondary N) is 1. The van der Waals surface area contributed by atoms with Crippen LogP contribution in [0.25, 0.3) is 0 Å². The number of hydrogen-bond acceptors (Lipinski definition) is 6. The summed E-state index contributed by atoms with van der Waals surface area (Å²) in [6.45, 7) is 1.75. The minimum Gasteiger partial charge on any atom is -0.394 e. The van der Waals surface area contributed by atoms with E-state index in [0.29, 0.717) is 6.42 Å². The van der Waals surface area contributed by atoms with Crippen LogP contribution in [-0.2, 0) is 9.53 Å². The Labute approximate surface area is 188 Å². The van der Waals surface area contributed by atoms with E-state index >= 15 is 0 Å². The first-order chi connectivity index (χ1) is 15.0. The molecule has 5 N–H and O–H groups in total. The van der Waals surface area contributed by atoms with Crippen LogP contribution < -0.4 is 5.32 Å². The quantitative estimate of drug-likeness (QED) is 0.207. The van der Waals surface area contributed by atoms with E-state index in [1.807, 2.05) is 0 Å². The Hall–Kier alpha value is -0.730. The second kappa shape index (κ2) is 17.8. The van der Waals surface area contributed by atoms with E-state index in [0.717, 1.165) is 19.3 Å². The van der Waals surface area contributed by atoms with Crippen LogP contribution in [0.5, 0.6) is 0 Å². The highest BCUT2D eigenvalue weighted by Gasteiger charge is 2.43. The number of unbranched alkanes of at least 4 members (excludes halogenated alkanes) is 14. The van der Waals surface area contributed by atoms with Crippen molar-refractivity contribution in [3.8, 4) is 0 Å². The maximum Gasteiger partial charge on any atom is 0.222 e. The van der Waals surface area contributed by atoms with Gasteiger partial charge >= 0.3 is 0 Å². The minimum atomic E-state index is -1.47. The van der Waals surface area contributed by atoms with Gasteiger partial charge in [-0.3, -0.25) is 4.79 Å². The Bertz CT molecular complexity index is 448. The van der Waals surface area contributed by atoms with Gasteiger partial charge in [-0.25, -0.2) is 0 Å². The van der Waals surface area contributed by atoms with Crippen molar-refractivity contribution < 1.29 is 30.0 Å². The first-order valence-corrected chi connectivity index (χ1v) is 12.6. The zero-order valence-corrected chi connectivity index (χ0v) is 19.5. The van der Waals surface area contributed by atoms with Gasteiger partial charge in [0.25, 0.3) is 0 Å². The third-order valence-electron chi connectivity index (χ3n) is 6.20. The molecule has 7 heteroatoms. The highest BCUT2D eigenvalue weighted by molar-refractivity contribution is 5.76. The molecular weight excluding hydrogens is 398 g/mol. The van der Waals surface area contributed by atoms with Gasteiger partial charge in [-0.15, -0.1) is 0 Å². The normalized spacial score (nSPS) is 26.2. The average molecular weight is 446 g/mol. The summed E-state index contributed by atoms with van der Waals surface area (Å²) < 4.78 is 5.29. The number of hydrogen-bond donors (Lipinski definition) is 5. The fourth-order valence-electron chi connectivity index (χ4n) is 4.11. The fraction of sp³-hybridized carbons (Fsp3) is 0.958. The molecule has 1 saturated heterocycles. The molecule has 1 amide bonds. The summed E-state index contributed by atoms with van der Waals surface area (Å²) in [7, 11) is 0. The van der Waals surface area contributed by atoms with Crippen molar-refractivity contribution in [2.24, 2.45) is 0 Å². The minimum absolute atomic E-state index is 0.265. The van der Waals surface area contributed by atoms with E-state index in [1.54, 1.807) is 0 Å². The number of aliphatic hydroxyl groups is 4. The maximum atomic E-state index is 12.1. The summed E-state index contributed by atoms with van der Waals surface area (Å²) in [4.78, 5) is 12.1. The number of aliphatic hydroxyl groups excluding tert-OH is 4. The number of ether oxygens (including phenoxy) is 1. The monoisotopic (exact) mass is 445 g/mol. The van der Waals surface area contributed by atoms with Crippen molar-refractivity contribution in [1.29, 1.82) is 0 Å². The second-order valence-electron chi connectivity index (χ2n) is 9.02. The Kier molecular flexibility index (Phi) is 16.2. The summed E-state index contributed by atoms with van der Waals surface area (Å²) >= 11 is 0. The molecule has 0 aliphatic carbocycles. The van der Waals surface area contributed by atoms with Crippen molar-refractivity contribution in [1.82, 2.24) is 5.32 Å². The highest BCUT2D eigenvalue weighted by Crippen LogP contribution is 2.20. The van der Waals surface area contributed by atoms with Crippen molar-refractivity contribution >= 4 is 5.91 Å². The number of carbonyl (C=O) groups is 1. The molecule has 1 aliphatic heterocycles. The summed E-state index contributed by atoms with van der Waals surface area (Å²) in [5.41, 5.74) is 0. The second-order valence-corrected chi connectivity index (χ2v) is 9.02. The number of rotatable bonds is 18. The summed E-state index contributed by atoms with van der Waals surface area (Å²) in [6, 6.07) is 0. The molecule has 0 aromatic heterocycles. The predicted molar refractivity (Wildman–Crippen MR) is 121 cm³/mol. The smallest absolute Gasteiger partial charge is 0.222 e. The zero-order valence-electron chi connectivity index (χ0n) is 19.5. The van der Waals surface area contributed by atoms with Crippen molar-refractivity contribution in [2.45, 2.75) is 140 Å². The lowest BCUT2D eigenvalue weighted by Crippen LogP contribution is -2.63. The van der Waals surface area contributed by atoms with Crippen LogP contribution in [0.3, 0.4) is 0 Å². The van der Waals surface area contributed by atoms with Gasteiger partial charge in [0.1, 0.15) is 24.4 Å². The lowest BCUT2D eigenvalue weighted by atomic mass is 9.98. The molecule has 0 aromatic rings. The lowest BCUT2D eigenvalue weighted by Gasteiger charge is -2.40. The Morgan fingerprint density at radius 1 is 0.710 bits per heavy atom. The third kappa shape index (κ3) is 12.2. The van der Waals surface area contributed by atoms with Crippen LogP contribution in [0, 0.1) is 0 Å². The van der Waals surface area contributed by atoms with Gasteiger partial charge in [0.2, 0.25) is 5.91 Å². The van der Waals surface area contributed by atoms with E-state index in [4.69, 9.17) is 4.74 Å². The van der Waals surface area contributed by atoms with Crippen LogP contribution in [0.2, 0.25) is 0 Å². The molecule has 0 saturated carbocycles. The van der Waals surface area contributed by atoms with Crippen LogP contribution in [-0.4, -0.2) is 63.6 Å².